The van der Waals surface area contributed by atoms with Crippen molar-refractivity contribution in [2.75, 3.05) is 39.6 Å². The number of ether oxygens (including phenoxy) is 6. The van der Waals surface area contributed by atoms with Gasteiger partial charge in [0, 0.05) is 39.6 Å². The summed E-state index contributed by atoms with van der Waals surface area (Å²) in [5.41, 5.74) is -3.09. The van der Waals surface area contributed by atoms with E-state index in [2.05, 4.69) is 0 Å². The van der Waals surface area contributed by atoms with Gasteiger partial charge in [0.05, 0.1) is 0 Å². The molecule has 0 amide bonds. The Morgan fingerprint density at radius 3 is 0.533 bits per heavy atom. The summed E-state index contributed by atoms with van der Waals surface area (Å²) in [5.74, 6) is 0. The zero-order valence-electron chi connectivity index (χ0n) is 18.2. The molecule has 0 atom stereocenters. The van der Waals surface area contributed by atoms with E-state index < -0.39 is 33.6 Å². The fraction of sp³-hybridized carbons (Fsp3) is 1.00. The Kier molecular flexibility index (Phi) is 3.98. The quantitative estimate of drug-likeness (QED) is 0.599. The van der Waals surface area contributed by atoms with Crippen LogP contribution >= 0.6 is 0 Å². The molecule has 6 nitrogen and oxygen atoms in total. The van der Waals surface area contributed by atoms with Gasteiger partial charge in [0.15, 0.2) is 0 Å². The molecule has 168 valence electrons. The second-order valence-electron chi connectivity index (χ2n) is 10.7. The van der Waals surface area contributed by atoms with Crippen molar-refractivity contribution in [2.24, 2.45) is 0 Å². The van der Waals surface area contributed by atoms with Gasteiger partial charge in [-0.05, 0) is 77.0 Å². The van der Waals surface area contributed by atoms with Gasteiger partial charge in [-0.3, -0.25) is 0 Å². The molecule has 6 heteroatoms. The molecular formula is C24H36O6. The maximum atomic E-state index is 6.97. The van der Waals surface area contributed by atoms with E-state index in [0.29, 0.717) is 0 Å². The van der Waals surface area contributed by atoms with Crippen LogP contribution < -0.4 is 0 Å². The number of hydrogen-bond acceptors (Lipinski definition) is 6. The SMILES string of the molecule is C1COC2(C1)C1(CCCO1)C1(CCCO1)C1(CCCO1)C1(CCCO1)C21CCCO1. The normalized spacial score (nSPS) is 57.6. The zero-order valence-corrected chi connectivity index (χ0v) is 18.2. The molecule has 6 heterocycles. The fourth-order valence-electron chi connectivity index (χ4n) is 9.62. The molecular weight excluding hydrogens is 384 g/mol. The molecule has 7 aliphatic rings. The summed E-state index contributed by atoms with van der Waals surface area (Å²) in [6, 6.07) is 0. The maximum absolute atomic E-state index is 6.97. The predicted octanol–water partition coefficient (Wildman–Crippen LogP) is 3.30. The van der Waals surface area contributed by atoms with Gasteiger partial charge < -0.3 is 28.4 Å². The van der Waals surface area contributed by atoms with Crippen LogP contribution in [0.1, 0.15) is 77.0 Å². The molecule has 7 rings (SSSR count). The van der Waals surface area contributed by atoms with Crippen LogP contribution in [0.25, 0.3) is 0 Å². The molecule has 0 aromatic heterocycles. The van der Waals surface area contributed by atoms with Crippen LogP contribution in [0.15, 0.2) is 0 Å². The van der Waals surface area contributed by atoms with Crippen LogP contribution in [-0.2, 0) is 28.4 Å². The van der Waals surface area contributed by atoms with Crippen LogP contribution in [0.5, 0.6) is 0 Å². The minimum Gasteiger partial charge on any atom is -0.369 e. The van der Waals surface area contributed by atoms with Crippen LogP contribution in [0.2, 0.25) is 0 Å². The van der Waals surface area contributed by atoms with Crippen LogP contribution in [0.4, 0.5) is 0 Å². The molecule has 6 spiro atoms. The molecule has 6 saturated heterocycles. The third-order valence-corrected chi connectivity index (χ3v) is 10.0. The average Bonchev–Trinajstić information content (AvgIpc) is 3.62. The van der Waals surface area contributed by atoms with Crippen LogP contribution in [-0.4, -0.2) is 73.2 Å². The van der Waals surface area contributed by atoms with E-state index in [1.54, 1.807) is 0 Å². The summed E-state index contributed by atoms with van der Waals surface area (Å²) < 4.78 is 41.8. The summed E-state index contributed by atoms with van der Waals surface area (Å²) in [4.78, 5) is 0. The second-order valence-corrected chi connectivity index (χ2v) is 10.7. The lowest BCUT2D eigenvalue weighted by molar-refractivity contribution is -0.437. The smallest absolute Gasteiger partial charge is 0.132 e. The molecule has 7 fully saturated rings. The summed E-state index contributed by atoms with van der Waals surface area (Å²) in [6.07, 6.45) is 12.1. The van der Waals surface area contributed by atoms with Gasteiger partial charge in [0.1, 0.15) is 33.6 Å². The Bertz CT molecular complexity index is 503. The first-order chi connectivity index (χ1) is 14.7. The van der Waals surface area contributed by atoms with Crippen molar-refractivity contribution in [1.82, 2.24) is 0 Å². The van der Waals surface area contributed by atoms with Gasteiger partial charge in [-0.2, -0.15) is 0 Å². The van der Waals surface area contributed by atoms with Crippen molar-refractivity contribution >= 4 is 0 Å². The van der Waals surface area contributed by atoms with E-state index in [1.807, 2.05) is 0 Å². The first kappa shape index (κ1) is 19.2. The highest BCUT2D eigenvalue weighted by molar-refractivity contribution is 5.43. The van der Waals surface area contributed by atoms with Crippen molar-refractivity contribution in [3.8, 4) is 0 Å². The highest BCUT2D eigenvalue weighted by atomic mass is 16.7. The van der Waals surface area contributed by atoms with E-state index in [4.69, 9.17) is 28.4 Å². The summed E-state index contributed by atoms with van der Waals surface area (Å²) >= 11 is 0. The molecule has 0 radical (unpaired) electrons. The van der Waals surface area contributed by atoms with E-state index in [0.717, 1.165) is 117 Å². The largest absolute Gasteiger partial charge is 0.369 e. The van der Waals surface area contributed by atoms with Gasteiger partial charge in [0.25, 0.3) is 0 Å². The lowest BCUT2D eigenvalue weighted by Crippen LogP contribution is -2.94. The number of rotatable bonds is 0. The van der Waals surface area contributed by atoms with Gasteiger partial charge in [-0.15, -0.1) is 0 Å². The van der Waals surface area contributed by atoms with Crippen LogP contribution in [0, 0.1) is 0 Å². The lowest BCUT2D eigenvalue weighted by Gasteiger charge is -2.75. The fourth-order valence-corrected chi connectivity index (χ4v) is 9.62. The molecule has 0 bridgehead atoms. The zero-order chi connectivity index (χ0) is 20.0. The molecule has 0 N–H and O–H groups in total. The molecule has 30 heavy (non-hydrogen) atoms. The Morgan fingerprint density at radius 2 is 0.433 bits per heavy atom. The highest BCUT2D eigenvalue weighted by Crippen LogP contribution is 2.76. The van der Waals surface area contributed by atoms with E-state index in [1.165, 1.54) is 0 Å². The van der Waals surface area contributed by atoms with Crippen molar-refractivity contribution < 1.29 is 28.4 Å². The minimum atomic E-state index is -0.515. The Hall–Kier alpha value is -0.240. The topological polar surface area (TPSA) is 55.4 Å². The standard InChI is InChI=1S/C24H36O6/c1-7-19(25-13-1)20(8-2-14-26-20)22(10-4-16-28-22)24(12-6-18-30-24)23(11-5-17-29-23)21(19)9-3-15-27-21/h1-18H2. The predicted molar refractivity (Wildman–Crippen MR) is 108 cm³/mol. The molecule has 0 aromatic rings. The van der Waals surface area contributed by atoms with Crippen molar-refractivity contribution in [2.45, 2.75) is 111 Å². The van der Waals surface area contributed by atoms with Gasteiger partial charge in [0.2, 0.25) is 0 Å². The molecule has 6 aliphatic heterocycles. The average molecular weight is 421 g/mol. The minimum absolute atomic E-state index is 0.515. The van der Waals surface area contributed by atoms with Gasteiger partial charge >= 0.3 is 0 Å². The first-order valence-electron chi connectivity index (χ1n) is 12.6. The third kappa shape index (κ3) is 1.71. The maximum Gasteiger partial charge on any atom is 0.132 e. The van der Waals surface area contributed by atoms with Gasteiger partial charge in [-0.25, -0.2) is 0 Å². The van der Waals surface area contributed by atoms with E-state index in [9.17, 15) is 0 Å². The first-order valence-corrected chi connectivity index (χ1v) is 12.6. The molecule has 0 unspecified atom stereocenters. The monoisotopic (exact) mass is 420 g/mol. The highest BCUT2D eigenvalue weighted by Gasteiger charge is 2.93. The van der Waals surface area contributed by atoms with E-state index in [-0.39, 0.29) is 0 Å². The van der Waals surface area contributed by atoms with Crippen LogP contribution in [0.3, 0.4) is 0 Å². The Balaban J connectivity index is 1.58. The van der Waals surface area contributed by atoms with Crippen molar-refractivity contribution in [1.29, 1.82) is 0 Å². The Morgan fingerprint density at radius 1 is 0.267 bits per heavy atom. The summed E-state index contributed by atoms with van der Waals surface area (Å²) in [5, 5.41) is 0. The second kappa shape index (κ2) is 6.21. The van der Waals surface area contributed by atoms with Crippen molar-refractivity contribution in [3.63, 3.8) is 0 Å². The summed E-state index contributed by atoms with van der Waals surface area (Å²) in [7, 11) is 0. The molecule has 1 aliphatic carbocycles. The third-order valence-electron chi connectivity index (χ3n) is 10.0. The Labute approximate surface area is 179 Å². The summed E-state index contributed by atoms with van der Waals surface area (Å²) in [6.45, 7) is 4.64. The number of hydrogen-bond donors (Lipinski definition) is 0. The number of fused-ring (bicyclic) bond motifs is 6. The molecule has 0 aromatic carbocycles. The van der Waals surface area contributed by atoms with Gasteiger partial charge in [-0.1, -0.05) is 0 Å². The lowest BCUT2D eigenvalue weighted by atomic mass is 9.41. The molecule has 1 saturated carbocycles. The van der Waals surface area contributed by atoms with E-state index >= 15 is 0 Å². The van der Waals surface area contributed by atoms with Crippen molar-refractivity contribution in [3.05, 3.63) is 0 Å².